The number of aromatic nitrogens is 3. The molecule has 8 rings (SSSR count). The molecule has 0 radical (unpaired) electrons. The molecule has 2 bridgehead atoms. The van der Waals surface area contributed by atoms with Gasteiger partial charge in [0.2, 0.25) is 0 Å². The summed E-state index contributed by atoms with van der Waals surface area (Å²) in [7, 11) is 0. The minimum Gasteiger partial charge on any atom is -0.461 e. The maximum Gasteiger partial charge on any atom is 0.319 e. The zero-order chi connectivity index (χ0) is 30.2. The first-order chi connectivity index (χ1) is 21.3. The van der Waals surface area contributed by atoms with E-state index >= 15 is 4.39 Å². The van der Waals surface area contributed by atoms with Crippen molar-refractivity contribution in [1.82, 2.24) is 19.9 Å². The van der Waals surface area contributed by atoms with Crippen molar-refractivity contribution in [3.63, 3.8) is 0 Å². The second kappa shape index (κ2) is 10.5. The van der Waals surface area contributed by atoms with E-state index in [-0.39, 0.29) is 41.7 Å². The summed E-state index contributed by atoms with van der Waals surface area (Å²) < 4.78 is 52.4. The average Bonchev–Trinajstić information content (AvgIpc) is 3.63. The summed E-state index contributed by atoms with van der Waals surface area (Å²) in [6, 6.07) is 8.67. The van der Waals surface area contributed by atoms with Crippen LogP contribution in [0.1, 0.15) is 44.6 Å². The van der Waals surface area contributed by atoms with Crippen molar-refractivity contribution in [3.05, 3.63) is 53.7 Å². The Morgan fingerprint density at radius 3 is 2.82 bits per heavy atom. The van der Waals surface area contributed by atoms with Crippen molar-refractivity contribution in [3.8, 4) is 17.3 Å². The third-order valence-electron chi connectivity index (χ3n) is 10.6. The van der Waals surface area contributed by atoms with Gasteiger partial charge in [-0.2, -0.15) is 9.97 Å². The number of hydrogen-bond acceptors (Lipinski definition) is 7. The molecule has 2 aromatic carbocycles. The van der Waals surface area contributed by atoms with Gasteiger partial charge in [0, 0.05) is 43.7 Å². The number of aryl methyl sites for hydroxylation is 1. The van der Waals surface area contributed by atoms with Gasteiger partial charge < -0.3 is 14.7 Å². The topological polar surface area (TPSA) is 74.6 Å². The second-order valence-corrected chi connectivity index (χ2v) is 13.2. The van der Waals surface area contributed by atoms with Crippen LogP contribution in [0, 0.1) is 23.5 Å². The van der Waals surface area contributed by atoms with Crippen LogP contribution in [-0.2, 0) is 6.42 Å². The molecule has 0 spiro atoms. The van der Waals surface area contributed by atoms with Gasteiger partial charge in [-0.15, -0.1) is 0 Å². The maximum atomic E-state index is 16.8. The number of halogens is 3. The molecule has 3 aliphatic heterocycles. The van der Waals surface area contributed by atoms with Crippen molar-refractivity contribution >= 4 is 27.5 Å². The van der Waals surface area contributed by atoms with E-state index in [1.807, 2.05) is 19.1 Å². The summed E-state index contributed by atoms with van der Waals surface area (Å²) in [5.41, 5.74) is 0.774. The summed E-state index contributed by atoms with van der Waals surface area (Å²) in [6.45, 7) is 4.63. The first-order valence-corrected chi connectivity index (χ1v) is 15.8. The molecule has 230 valence electrons. The predicted octanol–water partition coefficient (Wildman–Crippen LogP) is 5.85. The molecule has 1 N–H and O–H groups in total. The Kier molecular flexibility index (Phi) is 6.71. The molecule has 2 aromatic heterocycles. The molecule has 7 nitrogen and oxygen atoms in total. The third-order valence-corrected chi connectivity index (χ3v) is 10.6. The highest BCUT2D eigenvalue weighted by molar-refractivity contribution is 6.00. The van der Waals surface area contributed by atoms with Crippen molar-refractivity contribution < 1.29 is 23.0 Å². The van der Waals surface area contributed by atoms with E-state index in [0.29, 0.717) is 66.1 Å². The molecule has 0 unspecified atom stereocenters. The molecule has 4 aromatic rings. The lowest BCUT2D eigenvalue weighted by atomic mass is 9.95. The van der Waals surface area contributed by atoms with Gasteiger partial charge >= 0.3 is 6.01 Å². The fraction of sp³-hybridized carbons (Fsp3) is 0.500. The highest BCUT2D eigenvalue weighted by atomic mass is 19.1. The van der Waals surface area contributed by atoms with E-state index < -0.39 is 17.5 Å². The monoisotopic (exact) mass is 603 g/mol. The molecule has 10 heteroatoms. The Morgan fingerprint density at radius 1 is 1.09 bits per heavy atom. The van der Waals surface area contributed by atoms with Crippen LogP contribution >= 0.6 is 0 Å². The van der Waals surface area contributed by atoms with Crippen molar-refractivity contribution in [2.45, 2.75) is 63.3 Å². The maximum absolute atomic E-state index is 16.8. The molecule has 44 heavy (non-hydrogen) atoms. The number of nitrogens with zero attached hydrogens (tertiary/aromatic N) is 5. The van der Waals surface area contributed by atoms with Gasteiger partial charge in [-0.1, -0.05) is 31.2 Å². The van der Waals surface area contributed by atoms with E-state index in [1.54, 1.807) is 18.3 Å². The van der Waals surface area contributed by atoms with Crippen molar-refractivity contribution in [2.24, 2.45) is 11.8 Å². The largest absolute Gasteiger partial charge is 0.461 e. The van der Waals surface area contributed by atoms with Gasteiger partial charge in [-0.05, 0) is 67.0 Å². The van der Waals surface area contributed by atoms with Gasteiger partial charge in [0.25, 0.3) is 0 Å². The van der Waals surface area contributed by atoms with Gasteiger partial charge in [0.1, 0.15) is 35.6 Å². The Bertz CT molecular complexity index is 1770. The molecule has 3 saturated heterocycles. The lowest BCUT2D eigenvalue weighted by molar-refractivity contribution is 0.107. The lowest BCUT2D eigenvalue weighted by Crippen LogP contribution is -2.43. The Hall–Kier alpha value is -3.50. The number of piperidine rings is 1. The highest BCUT2D eigenvalue weighted by Crippen LogP contribution is 2.43. The number of pyridine rings is 1. The summed E-state index contributed by atoms with van der Waals surface area (Å²) in [5.74, 6) is 0.00247. The van der Waals surface area contributed by atoms with Crippen LogP contribution in [0.25, 0.3) is 32.9 Å². The quantitative estimate of drug-likeness (QED) is 0.297. The summed E-state index contributed by atoms with van der Waals surface area (Å²) in [4.78, 5) is 18.3. The SMILES string of the molecule is CCc1c(F)ccc2cccc(-c3ncc4c(N5C[C@@H]6C[C@H](C5)[C@H](O)C6)nc(OC[C@@]56CCCN5C[C@H](F)C6)nc4c3F)c12. The summed E-state index contributed by atoms with van der Waals surface area (Å²) >= 11 is 0. The van der Waals surface area contributed by atoms with E-state index in [0.717, 1.165) is 37.6 Å². The second-order valence-electron chi connectivity index (χ2n) is 13.2. The number of ether oxygens (including phenoxy) is 1. The van der Waals surface area contributed by atoms with E-state index in [2.05, 4.69) is 19.8 Å². The number of aliphatic hydroxyl groups is 1. The number of fused-ring (bicyclic) bond motifs is 5. The normalized spacial score (nSPS) is 28.3. The van der Waals surface area contributed by atoms with Crippen LogP contribution in [0.4, 0.5) is 19.0 Å². The highest BCUT2D eigenvalue weighted by Gasteiger charge is 2.49. The van der Waals surface area contributed by atoms with Gasteiger partial charge in [0.15, 0.2) is 5.82 Å². The molecule has 1 aliphatic carbocycles. The molecular formula is C34H36F3N5O2. The minimum absolute atomic E-state index is 0.0452. The average molecular weight is 604 g/mol. The van der Waals surface area contributed by atoms with Crippen molar-refractivity contribution in [2.75, 3.05) is 37.7 Å². The van der Waals surface area contributed by atoms with E-state index in [4.69, 9.17) is 9.72 Å². The van der Waals surface area contributed by atoms with Gasteiger partial charge in [0.05, 0.1) is 17.0 Å². The Balaban J connectivity index is 1.26. The summed E-state index contributed by atoms with van der Waals surface area (Å²) in [5, 5.41) is 12.5. The Morgan fingerprint density at radius 2 is 1.98 bits per heavy atom. The fourth-order valence-electron chi connectivity index (χ4n) is 8.54. The predicted molar refractivity (Wildman–Crippen MR) is 163 cm³/mol. The summed E-state index contributed by atoms with van der Waals surface area (Å²) in [6.07, 6.45) is 4.71. The van der Waals surface area contributed by atoms with Crippen molar-refractivity contribution in [1.29, 1.82) is 0 Å². The fourth-order valence-corrected chi connectivity index (χ4v) is 8.54. The van der Waals surface area contributed by atoms with Crippen LogP contribution in [0.3, 0.4) is 0 Å². The van der Waals surface area contributed by atoms with Crippen LogP contribution in [0.5, 0.6) is 6.01 Å². The van der Waals surface area contributed by atoms with E-state index in [9.17, 15) is 13.9 Å². The zero-order valence-corrected chi connectivity index (χ0v) is 24.8. The van der Waals surface area contributed by atoms with Crippen LogP contribution in [0.15, 0.2) is 36.5 Å². The molecular weight excluding hydrogens is 567 g/mol. The first kappa shape index (κ1) is 28.0. The minimum atomic E-state index is -0.896. The number of hydrogen-bond donors (Lipinski definition) is 1. The lowest BCUT2D eigenvalue weighted by Gasteiger charge is -2.34. The number of alkyl halides is 1. The molecule has 4 aliphatic rings. The molecule has 4 fully saturated rings. The number of rotatable bonds is 6. The molecule has 5 atom stereocenters. The standard InChI is InChI=1S/C34H36F3N5O2/c1-2-23-26(36)8-7-20-5-3-6-24(28(20)23)30-29(37)31-25(14-38-30)32(41-15-19-11-21(16-41)27(43)12-19)40-33(39-31)44-18-34-9-4-10-42(34)17-22(35)13-34/h3,5-8,14,19,21-22,27,43H,2,4,9-13,15-18H2,1H3/t19-,21-,22-,27-,34+/m1/s1. The van der Waals surface area contributed by atoms with Gasteiger partial charge in [-0.3, -0.25) is 9.88 Å². The van der Waals surface area contributed by atoms with Crippen LogP contribution < -0.4 is 9.64 Å². The number of aliphatic hydroxyl groups excluding tert-OH is 1. The number of anilines is 1. The third kappa shape index (κ3) is 4.43. The number of benzene rings is 2. The molecule has 1 saturated carbocycles. The molecule has 5 heterocycles. The van der Waals surface area contributed by atoms with Gasteiger partial charge in [-0.25, -0.2) is 13.2 Å². The molecule has 0 amide bonds. The smallest absolute Gasteiger partial charge is 0.319 e. The van der Waals surface area contributed by atoms with Crippen LogP contribution in [-0.4, -0.2) is 75.6 Å². The Labute approximate surface area is 254 Å². The van der Waals surface area contributed by atoms with Crippen LogP contribution in [0.2, 0.25) is 0 Å². The zero-order valence-electron chi connectivity index (χ0n) is 24.8. The van der Waals surface area contributed by atoms with E-state index in [1.165, 1.54) is 6.07 Å². The first-order valence-electron chi connectivity index (χ1n) is 15.8.